The molecule has 0 rings (SSSR count). The summed E-state index contributed by atoms with van der Waals surface area (Å²) in [6, 6.07) is 0. The number of carboxylic acid groups (broad SMARTS) is 1. The fraction of sp³-hybridized carbons (Fsp3) is 0.692. The quantitative estimate of drug-likeness (QED) is 0.663. The minimum Gasteiger partial charge on any atom is -0.481 e. The van der Waals surface area contributed by atoms with E-state index >= 15 is 0 Å². The third-order valence-corrected chi connectivity index (χ3v) is 2.46. The predicted molar refractivity (Wildman–Crippen MR) is 67.7 cm³/mol. The summed E-state index contributed by atoms with van der Waals surface area (Å²) in [5.41, 5.74) is -0.504. The first-order valence-electron chi connectivity index (χ1n) is 5.93. The van der Waals surface area contributed by atoms with E-state index in [1.807, 2.05) is 6.92 Å². The lowest BCUT2D eigenvalue weighted by atomic mass is 9.85. The van der Waals surface area contributed by atoms with Gasteiger partial charge in [-0.1, -0.05) is 26.8 Å². The van der Waals surface area contributed by atoms with Gasteiger partial charge in [0.1, 0.15) is 0 Å². The van der Waals surface area contributed by atoms with Gasteiger partial charge in [-0.3, -0.25) is 9.59 Å². The predicted octanol–water partition coefficient (Wildman–Crippen LogP) is 2.30. The average molecular weight is 241 g/mol. The molecule has 0 aromatic rings. The van der Waals surface area contributed by atoms with Crippen molar-refractivity contribution in [3.8, 4) is 0 Å². The molecule has 0 aliphatic heterocycles. The van der Waals surface area contributed by atoms with Crippen molar-refractivity contribution in [2.24, 2.45) is 5.41 Å². The maximum absolute atomic E-state index is 12.0. The molecule has 0 atom stereocenters. The summed E-state index contributed by atoms with van der Waals surface area (Å²) in [5.74, 6) is -0.869. The van der Waals surface area contributed by atoms with E-state index in [1.165, 1.54) is 0 Å². The number of carboxylic acids is 1. The van der Waals surface area contributed by atoms with Gasteiger partial charge in [0.05, 0.1) is 6.42 Å². The van der Waals surface area contributed by atoms with Gasteiger partial charge in [-0.2, -0.15) is 0 Å². The Morgan fingerprint density at radius 3 is 2.35 bits per heavy atom. The van der Waals surface area contributed by atoms with Crippen molar-refractivity contribution >= 4 is 11.9 Å². The number of rotatable bonds is 8. The monoisotopic (exact) mass is 241 g/mol. The summed E-state index contributed by atoms with van der Waals surface area (Å²) in [6.07, 6.45) is 2.84. The smallest absolute Gasteiger partial charge is 0.303 e. The molecule has 0 fully saturated rings. The summed E-state index contributed by atoms with van der Waals surface area (Å²) < 4.78 is 0. The van der Waals surface area contributed by atoms with Crippen LogP contribution in [0.5, 0.6) is 0 Å². The first-order valence-corrected chi connectivity index (χ1v) is 5.93. The Bertz CT molecular complexity index is 284. The lowest BCUT2D eigenvalue weighted by molar-refractivity contribution is -0.140. The SMILES string of the molecule is C=CCN(CCC)C(=O)CC(C)(C)CC(=O)O. The topological polar surface area (TPSA) is 57.6 Å². The van der Waals surface area contributed by atoms with E-state index in [-0.39, 0.29) is 18.7 Å². The second-order valence-electron chi connectivity index (χ2n) is 5.04. The molecule has 0 unspecified atom stereocenters. The first kappa shape index (κ1) is 15.7. The maximum atomic E-state index is 12.0. The fourth-order valence-corrected chi connectivity index (χ4v) is 1.74. The van der Waals surface area contributed by atoms with Crippen molar-refractivity contribution in [1.29, 1.82) is 0 Å². The number of hydrogen-bond acceptors (Lipinski definition) is 2. The zero-order valence-corrected chi connectivity index (χ0v) is 11.0. The Morgan fingerprint density at radius 1 is 1.35 bits per heavy atom. The molecule has 1 amide bonds. The van der Waals surface area contributed by atoms with Crippen LogP contribution < -0.4 is 0 Å². The lowest BCUT2D eigenvalue weighted by Gasteiger charge is -2.27. The second kappa shape index (κ2) is 7.09. The molecule has 4 heteroatoms. The number of amides is 1. The molecule has 0 bridgehead atoms. The second-order valence-corrected chi connectivity index (χ2v) is 5.04. The minimum absolute atomic E-state index is 0.00185. The van der Waals surface area contributed by atoms with Gasteiger partial charge in [0.25, 0.3) is 0 Å². The Hall–Kier alpha value is -1.32. The van der Waals surface area contributed by atoms with E-state index in [9.17, 15) is 9.59 Å². The first-order chi connectivity index (χ1) is 7.82. The highest BCUT2D eigenvalue weighted by atomic mass is 16.4. The van der Waals surface area contributed by atoms with Crippen LogP contribution in [0.1, 0.15) is 40.0 Å². The lowest BCUT2D eigenvalue weighted by Crippen LogP contribution is -2.35. The molecule has 0 spiro atoms. The van der Waals surface area contributed by atoms with Crippen molar-refractivity contribution in [3.63, 3.8) is 0 Å². The zero-order valence-electron chi connectivity index (χ0n) is 11.0. The van der Waals surface area contributed by atoms with Crippen molar-refractivity contribution in [2.75, 3.05) is 13.1 Å². The van der Waals surface area contributed by atoms with Crippen LogP contribution >= 0.6 is 0 Å². The third kappa shape index (κ3) is 6.76. The molecule has 4 nitrogen and oxygen atoms in total. The molecule has 0 saturated carbocycles. The van der Waals surface area contributed by atoms with E-state index in [4.69, 9.17) is 5.11 Å². The number of carbonyl (C=O) groups is 2. The fourth-order valence-electron chi connectivity index (χ4n) is 1.74. The number of hydrogen-bond donors (Lipinski definition) is 1. The molecule has 0 radical (unpaired) electrons. The third-order valence-electron chi connectivity index (χ3n) is 2.46. The normalized spacial score (nSPS) is 11.0. The molecule has 98 valence electrons. The van der Waals surface area contributed by atoms with Crippen molar-refractivity contribution in [3.05, 3.63) is 12.7 Å². The highest BCUT2D eigenvalue weighted by molar-refractivity contribution is 5.78. The average Bonchev–Trinajstić information content (AvgIpc) is 2.14. The van der Waals surface area contributed by atoms with Crippen LogP contribution in [-0.2, 0) is 9.59 Å². The van der Waals surface area contributed by atoms with Crippen LogP contribution in [0.3, 0.4) is 0 Å². The zero-order chi connectivity index (χ0) is 13.5. The van der Waals surface area contributed by atoms with Crippen LogP contribution in [0.4, 0.5) is 0 Å². The number of nitrogens with zero attached hydrogens (tertiary/aromatic N) is 1. The molecule has 0 aliphatic rings. The van der Waals surface area contributed by atoms with E-state index in [0.717, 1.165) is 6.42 Å². The summed E-state index contributed by atoms with van der Waals surface area (Å²) >= 11 is 0. The van der Waals surface area contributed by atoms with Gasteiger partial charge >= 0.3 is 5.97 Å². The summed E-state index contributed by atoms with van der Waals surface area (Å²) in [6.45, 7) is 10.4. The molecule has 0 saturated heterocycles. The molecular formula is C13H23NO3. The highest BCUT2D eigenvalue weighted by Crippen LogP contribution is 2.25. The summed E-state index contributed by atoms with van der Waals surface area (Å²) in [7, 11) is 0. The van der Waals surface area contributed by atoms with Crippen LogP contribution in [0.2, 0.25) is 0 Å². The highest BCUT2D eigenvalue weighted by Gasteiger charge is 2.27. The van der Waals surface area contributed by atoms with Gasteiger partial charge in [0, 0.05) is 19.5 Å². The van der Waals surface area contributed by atoms with E-state index in [0.29, 0.717) is 13.1 Å². The molecule has 1 N–H and O–H groups in total. The Labute approximate surface area is 103 Å². The van der Waals surface area contributed by atoms with Crippen LogP contribution in [0, 0.1) is 5.41 Å². The van der Waals surface area contributed by atoms with Crippen LogP contribution in [0.15, 0.2) is 12.7 Å². The molecule has 0 aromatic carbocycles. The standard InChI is InChI=1S/C13H23NO3/c1-5-7-14(8-6-2)11(15)9-13(3,4)10-12(16)17/h5H,1,6-10H2,2-4H3,(H,16,17). The maximum Gasteiger partial charge on any atom is 0.303 e. The van der Waals surface area contributed by atoms with Crippen molar-refractivity contribution in [2.45, 2.75) is 40.0 Å². The Morgan fingerprint density at radius 2 is 1.94 bits per heavy atom. The van der Waals surface area contributed by atoms with Gasteiger partial charge in [-0.05, 0) is 11.8 Å². The molecule has 17 heavy (non-hydrogen) atoms. The van der Waals surface area contributed by atoms with E-state index < -0.39 is 11.4 Å². The van der Waals surface area contributed by atoms with Gasteiger partial charge in [0.15, 0.2) is 0 Å². The number of carbonyl (C=O) groups excluding carboxylic acids is 1. The largest absolute Gasteiger partial charge is 0.481 e. The van der Waals surface area contributed by atoms with Gasteiger partial charge in [-0.15, -0.1) is 6.58 Å². The van der Waals surface area contributed by atoms with Crippen molar-refractivity contribution in [1.82, 2.24) is 4.90 Å². The summed E-state index contributed by atoms with van der Waals surface area (Å²) in [5, 5.41) is 8.77. The summed E-state index contributed by atoms with van der Waals surface area (Å²) in [4.78, 5) is 24.4. The van der Waals surface area contributed by atoms with Gasteiger partial charge in [-0.25, -0.2) is 0 Å². The molecule has 0 aromatic heterocycles. The number of aliphatic carboxylic acids is 1. The van der Waals surface area contributed by atoms with Crippen LogP contribution in [0.25, 0.3) is 0 Å². The van der Waals surface area contributed by atoms with Crippen LogP contribution in [-0.4, -0.2) is 35.0 Å². The molecule has 0 aliphatic carbocycles. The molecule has 0 heterocycles. The minimum atomic E-state index is -0.867. The van der Waals surface area contributed by atoms with E-state index in [1.54, 1.807) is 24.8 Å². The van der Waals surface area contributed by atoms with Gasteiger partial charge in [0.2, 0.25) is 5.91 Å². The van der Waals surface area contributed by atoms with Gasteiger partial charge < -0.3 is 10.0 Å². The van der Waals surface area contributed by atoms with Crippen molar-refractivity contribution < 1.29 is 14.7 Å². The Kier molecular flexibility index (Phi) is 6.54. The molecular weight excluding hydrogens is 218 g/mol. The van der Waals surface area contributed by atoms with E-state index in [2.05, 4.69) is 6.58 Å². The Balaban J connectivity index is 4.46.